The largest absolute Gasteiger partial charge is 0.477 e. The van der Waals surface area contributed by atoms with E-state index in [4.69, 9.17) is 15.1 Å². The zero-order chi connectivity index (χ0) is 14.6. The van der Waals surface area contributed by atoms with Gasteiger partial charge in [-0.25, -0.2) is 9.59 Å². The van der Waals surface area contributed by atoms with Crippen molar-refractivity contribution in [3.8, 4) is 6.07 Å². The molecule has 1 heterocycles. The Morgan fingerprint density at radius 1 is 1.47 bits per heavy atom. The summed E-state index contributed by atoms with van der Waals surface area (Å²) in [6.45, 7) is 5.31. The summed E-state index contributed by atoms with van der Waals surface area (Å²) in [4.78, 5) is 25.4. The molecule has 1 rings (SSSR count). The number of carbonyl (C=O) groups excluding carboxylic acids is 1. The topological polar surface area (TPSA) is 103 Å². The second-order valence-electron chi connectivity index (χ2n) is 3.86. The molecule has 0 unspecified atom stereocenters. The van der Waals surface area contributed by atoms with E-state index in [0.717, 1.165) is 0 Å². The monoisotopic (exact) mass is 262 g/mol. The van der Waals surface area contributed by atoms with Crippen molar-refractivity contribution in [2.45, 2.75) is 20.8 Å². The predicted octanol–water partition coefficient (Wildman–Crippen LogP) is 1.80. The van der Waals surface area contributed by atoms with Crippen molar-refractivity contribution in [1.82, 2.24) is 4.98 Å². The number of carbonyl (C=O) groups is 2. The maximum atomic E-state index is 11.7. The van der Waals surface area contributed by atoms with E-state index < -0.39 is 17.5 Å². The first-order chi connectivity index (χ1) is 8.92. The van der Waals surface area contributed by atoms with Crippen molar-refractivity contribution in [2.24, 2.45) is 0 Å². The Bertz CT molecular complexity index is 591. The minimum Gasteiger partial charge on any atom is -0.477 e. The summed E-state index contributed by atoms with van der Waals surface area (Å²) >= 11 is 0. The van der Waals surface area contributed by atoms with Gasteiger partial charge in [-0.2, -0.15) is 5.26 Å². The van der Waals surface area contributed by atoms with Gasteiger partial charge in [-0.15, -0.1) is 0 Å². The molecule has 1 aromatic rings. The van der Waals surface area contributed by atoms with Gasteiger partial charge in [-0.1, -0.05) is 0 Å². The molecule has 0 amide bonds. The van der Waals surface area contributed by atoms with Crippen LogP contribution in [0.4, 0.5) is 0 Å². The normalized spacial score (nSPS) is 10.9. The third kappa shape index (κ3) is 3.01. The van der Waals surface area contributed by atoms with E-state index in [9.17, 15) is 9.59 Å². The van der Waals surface area contributed by atoms with Crippen molar-refractivity contribution in [2.75, 3.05) is 6.61 Å². The molecule has 0 bridgehead atoms. The molecule has 100 valence electrons. The SMILES string of the molecule is CCOC(=O)c1c(C)[nH]c(C=C(C#N)C(=O)O)c1C. The molecule has 0 aromatic carbocycles. The molecule has 0 aliphatic rings. The number of aromatic amines is 1. The quantitative estimate of drug-likeness (QED) is 0.489. The van der Waals surface area contributed by atoms with Crippen LogP contribution in [-0.4, -0.2) is 28.6 Å². The summed E-state index contributed by atoms with van der Waals surface area (Å²) in [5.41, 5.74) is 1.52. The summed E-state index contributed by atoms with van der Waals surface area (Å²) in [6, 6.07) is 1.59. The molecule has 2 N–H and O–H groups in total. The molecule has 0 aliphatic carbocycles. The average molecular weight is 262 g/mol. The van der Waals surface area contributed by atoms with Crippen molar-refractivity contribution >= 4 is 18.0 Å². The van der Waals surface area contributed by atoms with E-state index in [2.05, 4.69) is 4.98 Å². The highest BCUT2D eigenvalue weighted by molar-refractivity contribution is 5.98. The number of aryl methyl sites for hydroxylation is 1. The molecule has 0 saturated heterocycles. The highest BCUT2D eigenvalue weighted by atomic mass is 16.5. The zero-order valence-electron chi connectivity index (χ0n) is 10.9. The summed E-state index contributed by atoms with van der Waals surface area (Å²) in [5.74, 6) is -1.78. The molecule has 19 heavy (non-hydrogen) atoms. The van der Waals surface area contributed by atoms with E-state index in [1.165, 1.54) is 6.08 Å². The molecule has 6 heteroatoms. The van der Waals surface area contributed by atoms with Gasteiger partial charge in [0.05, 0.1) is 12.2 Å². The Morgan fingerprint density at radius 3 is 2.58 bits per heavy atom. The van der Waals surface area contributed by atoms with Crippen LogP contribution in [0.2, 0.25) is 0 Å². The predicted molar refractivity (Wildman–Crippen MR) is 67.4 cm³/mol. The van der Waals surface area contributed by atoms with Crippen LogP contribution in [0.15, 0.2) is 5.57 Å². The van der Waals surface area contributed by atoms with Gasteiger partial charge in [0, 0.05) is 11.4 Å². The smallest absolute Gasteiger partial charge is 0.346 e. The molecular formula is C13H14N2O4. The lowest BCUT2D eigenvalue weighted by molar-refractivity contribution is -0.132. The molecule has 0 aliphatic heterocycles. The fourth-order valence-electron chi connectivity index (χ4n) is 1.71. The number of aromatic nitrogens is 1. The Labute approximate surface area is 110 Å². The number of hydrogen-bond donors (Lipinski definition) is 2. The number of ether oxygens (including phenoxy) is 1. The summed E-state index contributed by atoms with van der Waals surface area (Å²) < 4.78 is 4.92. The minimum absolute atomic E-state index is 0.257. The van der Waals surface area contributed by atoms with Crippen LogP contribution in [0.3, 0.4) is 0 Å². The van der Waals surface area contributed by atoms with E-state index in [0.29, 0.717) is 22.5 Å². The maximum Gasteiger partial charge on any atom is 0.346 e. The lowest BCUT2D eigenvalue weighted by Crippen LogP contribution is -2.06. The number of carboxylic acids is 1. The van der Waals surface area contributed by atoms with Gasteiger partial charge in [-0.05, 0) is 32.4 Å². The molecule has 0 atom stereocenters. The Hall–Kier alpha value is -2.55. The molecular weight excluding hydrogens is 248 g/mol. The van der Waals surface area contributed by atoms with Crippen LogP contribution in [0.1, 0.15) is 34.2 Å². The fraction of sp³-hybridized carbons (Fsp3) is 0.308. The molecule has 0 radical (unpaired) electrons. The minimum atomic E-state index is -1.31. The molecule has 0 fully saturated rings. The lowest BCUT2D eigenvalue weighted by Gasteiger charge is -2.01. The summed E-state index contributed by atoms with van der Waals surface area (Å²) in [7, 11) is 0. The number of carboxylic acid groups (broad SMARTS) is 1. The Balaban J connectivity index is 3.28. The lowest BCUT2D eigenvalue weighted by atomic mass is 10.1. The first-order valence-corrected chi connectivity index (χ1v) is 5.63. The van der Waals surface area contributed by atoms with Gasteiger partial charge in [0.15, 0.2) is 0 Å². The van der Waals surface area contributed by atoms with E-state index >= 15 is 0 Å². The molecule has 0 spiro atoms. The number of hydrogen-bond acceptors (Lipinski definition) is 4. The van der Waals surface area contributed by atoms with E-state index in [1.807, 2.05) is 0 Å². The third-order valence-electron chi connectivity index (χ3n) is 2.60. The number of nitrogens with zero attached hydrogens (tertiary/aromatic N) is 1. The number of H-pyrrole nitrogens is 1. The number of esters is 1. The van der Waals surface area contributed by atoms with Crippen molar-refractivity contribution in [3.05, 3.63) is 28.1 Å². The maximum absolute atomic E-state index is 11.7. The first kappa shape index (κ1) is 14.5. The second-order valence-corrected chi connectivity index (χ2v) is 3.86. The summed E-state index contributed by atoms with van der Waals surface area (Å²) in [5, 5.41) is 17.5. The highest BCUT2D eigenvalue weighted by Gasteiger charge is 2.19. The van der Waals surface area contributed by atoms with Crippen LogP contribution < -0.4 is 0 Å². The van der Waals surface area contributed by atoms with Crippen molar-refractivity contribution < 1.29 is 19.4 Å². The Kier molecular flexibility index (Phi) is 4.48. The van der Waals surface area contributed by atoms with Gasteiger partial charge >= 0.3 is 11.9 Å². The average Bonchev–Trinajstić information content (AvgIpc) is 2.61. The molecule has 0 saturated carbocycles. The van der Waals surface area contributed by atoms with Crippen molar-refractivity contribution in [1.29, 1.82) is 5.26 Å². The van der Waals surface area contributed by atoms with Crippen LogP contribution in [-0.2, 0) is 9.53 Å². The number of nitriles is 1. The van der Waals surface area contributed by atoms with E-state index in [-0.39, 0.29) is 6.61 Å². The van der Waals surface area contributed by atoms with Gasteiger partial charge in [0.1, 0.15) is 11.6 Å². The Morgan fingerprint density at radius 2 is 2.11 bits per heavy atom. The van der Waals surface area contributed by atoms with Crippen LogP contribution in [0, 0.1) is 25.2 Å². The summed E-state index contributed by atoms with van der Waals surface area (Å²) in [6.07, 6.45) is 1.20. The number of rotatable bonds is 4. The van der Waals surface area contributed by atoms with Crippen LogP contribution in [0.25, 0.3) is 6.08 Å². The fourth-order valence-corrected chi connectivity index (χ4v) is 1.71. The number of nitrogens with one attached hydrogen (secondary N) is 1. The first-order valence-electron chi connectivity index (χ1n) is 5.63. The molecule has 1 aromatic heterocycles. The second kappa shape index (κ2) is 5.87. The van der Waals surface area contributed by atoms with Crippen molar-refractivity contribution in [3.63, 3.8) is 0 Å². The van der Waals surface area contributed by atoms with Gasteiger partial charge in [-0.3, -0.25) is 0 Å². The van der Waals surface area contributed by atoms with Crippen LogP contribution in [0.5, 0.6) is 0 Å². The van der Waals surface area contributed by atoms with E-state index in [1.54, 1.807) is 26.8 Å². The van der Waals surface area contributed by atoms with Gasteiger partial charge < -0.3 is 14.8 Å². The highest BCUT2D eigenvalue weighted by Crippen LogP contribution is 2.21. The zero-order valence-corrected chi connectivity index (χ0v) is 10.9. The van der Waals surface area contributed by atoms with Gasteiger partial charge in [0.2, 0.25) is 0 Å². The molecule has 6 nitrogen and oxygen atoms in total. The standard InChI is InChI=1S/C13H14N2O4/c1-4-19-13(18)11-7(2)10(15-8(11)3)5-9(6-14)12(16)17/h5,15H,4H2,1-3H3,(H,16,17). The number of aliphatic carboxylic acids is 1. The third-order valence-corrected chi connectivity index (χ3v) is 2.60. The van der Waals surface area contributed by atoms with Gasteiger partial charge in [0.25, 0.3) is 0 Å². The van der Waals surface area contributed by atoms with Crippen LogP contribution >= 0.6 is 0 Å².